The number of aromatic nitrogens is 1. The van der Waals surface area contributed by atoms with E-state index in [1.807, 2.05) is 37.3 Å². The van der Waals surface area contributed by atoms with Crippen molar-refractivity contribution in [3.63, 3.8) is 0 Å². The van der Waals surface area contributed by atoms with Crippen molar-refractivity contribution in [2.24, 2.45) is 5.73 Å². The number of nitrogens with zero attached hydrogens (tertiary/aromatic N) is 1. The molecule has 2 rings (SSSR count). The van der Waals surface area contributed by atoms with Gasteiger partial charge in [-0.2, -0.15) is 0 Å². The van der Waals surface area contributed by atoms with Crippen LogP contribution in [0.15, 0.2) is 36.5 Å². The first kappa shape index (κ1) is 12.2. The Morgan fingerprint density at radius 2 is 2.12 bits per heavy atom. The Morgan fingerprint density at radius 1 is 1.35 bits per heavy atom. The highest BCUT2D eigenvalue weighted by molar-refractivity contribution is 7.84. The van der Waals surface area contributed by atoms with E-state index in [4.69, 9.17) is 5.73 Å². The van der Waals surface area contributed by atoms with Crippen LogP contribution in [0.1, 0.15) is 12.5 Å². The molecule has 90 valence electrons. The first-order valence-electron chi connectivity index (χ1n) is 5.60. The van der Waals surface area contributed by atoms with Crippen LogP contribution < -0.4 is 5.73 Å². The molecule has 2 aromatic rings. The molecule has 0 radical (unpaired) electrons. The van der Waals surface area contributed by atoms with Gasteiger partial charge >= 0.3 is 0 Å². The van der Waals surface area contributed by atoms with Gasteiger partial charge in [-0.1, -0.05) is 18.2 Å². The first-order chi connectivity index (χ1) is 8.16. The van der Waals surface area contributed by atoms with E-state index in [0.29, 0.717) is 11.5 Å². The fourth-order valence-electron chi connectivity index (χ4n) is 1.81. The molecule has 4 heteroatoms. The summed E-state index contributed by atoms with van der Waals surface area (Å²) >= 11 is 0. The monoisotopic (exact) mass is 248 g/mol. The maximum absolute atomic E-state index is 11.9. The van der Waals surface area contributed by atoms with Gasteiger partial charge in [0.1, 0.15) is 0 Å². The van der Waals surface area contributed by atoms with Crippen LogP contribution in [0.5, 0.6) is 0 Å². The lowest BCUT2D eigenvalue weighted by atomic mass is 10.1. The predicted octanol–water partition coefficient (Wildman–Crippen LogP) is 1.83. The molecule has 2 unspecified atom stereocenters. The molecule has 0 fully saturated rings. The minimum absolute atomic E-state index is 0.0241. The Balaban J connectivity index is 2.27. The topological polar surface area (TPSA) is 56.0 Å². The smallest absolute Gasteiger partial charge is 0.0705 e. The summed E-state index contributed by atoms with van der Waals surface area (Å²) in [6.07, 6.45) is 1.76. The Morgan fingerprint density at radius 3 is 2.88 bits per heavy atom. The van der Waals surface area contributed by atoms with Crippen LogP contribution in [-0.2, 0) is 16.6 Å². The van der Waals surface area contributed by atoms with E-state index in [1.54, 1.807) is 6.20 Å². The number of pyridine rings is 1. The van der Waals surface area contributed by atoms with Gasteiger partial charge in [0.05, 0.1) is 5.52 Å². The second-order valence-corrected chi connectivity index (χ2v) is 5.72. The summed E-state index contributed by atoms with van der Waals surface area (Å²) in [4.78, 5) is 4.29. The van der Waals surface area contributed by atoms with E-state index in [2.05, 4.69) is 4.98 Å². The molecule has 0 aliphatic rings. The van der Waals surface area contributed by atoms with E-state index in [1.165, 1.54) is 0 Å². The number of nitrogens with two attached hydrogens (primary N) is 1. The molecule has 1 heterocycles. The van der Waals surface area contributed by atoms with Crippen molar-refractivity contribution in [2.45, 2.75) is 18.7 Å². The Kier molecular flexibility index (Phi) is 3.86. The molecule has 0 spiro atoms. The number of fused-ring (bicyclic) bond motifs is 1. The van der Waals surface area contributed by atoms with Crippen LogP contribution in [0.3, 0.4) is 0 Å². The van der Waals surface area contributed by atoms with Crippen LogP contribution in [-0.4, -0.2) is 21.0 Å². The van der Waals surface area contributed by atoms with Crippen LogP contribution in [0.4, 0.5) is 0 Å². The molecule has 2 atom stereocenters. The lowest BCUT2D eigenvalue weighted by Gasteiger charge is -2.07. The molecule has 0 aliphatic heterocycles. The molecule has 0 amide bonds. The lowest BCUT2D eigenvalue weighted by molar-refractivity contribution is 0.676. The summed E-state index contributed by atoms with van der Waals surface area (Å²) in [5, 5.41) is 1.08. The zero-order valence-corrected chi connectivity index (χ0v) is 10.6. The molecular weight excluding hydrogens is 232 g/mol. The largest absolute Gasteiger partial charge is 0.327 e. The third kappa shape index (κ3) is 3.11. The third-order valence-electron chi connectivity index (χ3n) is 2.50. The van der Waals surface area contributed by atoms with Crippen LogP contribution in [0, 0.1) is 0 Å². The normalized spacial score (nSPS) is 14.7. The maximum atomic E-state index is 11.9. The minimum atomic E-state index is -0.910. The standard InChI is InChI=1S/C13H16N2OS/c1-10(14)8-17(16)9-11-6-7-15-13-5-3-2-4-12(11)13/h2-7,10H,8-9,14H2,1H3. The Bertz CT molecular complexity index is 534. The maximum Gasteiger partial charge on any atom is 0.0705 e. The van der Waals surface area contributed by atoms with E-state index >= 15 is 0 Å². The molecule has 0 saturated carbocycles. The van der Waals surface area contributed by atoms with Crippen molar-refractivity contribution in [3.05, 3.63) is 42.1 Å². The van der Waals surface area contributed by atoms with E-state index < -0.39 is 10.8 Å². The van der Waals surface area contributed by atoms with E-state index in [9.17, 15) is 4.21 Å². The summed E-state index contributed by atoms with van der Waals surface area (Å²) in [5.41, 5.74) is 7.68. The zero-order chi connectivity index (χ0) is 12.3. The highest BCUT2D eigenvalue weighted by Gasteiger charge is 2.07. The molecule has 1 aromatic carbocycles. The molecule has 0 bridgehead atoms. The number of hydrogen-bond acceptors (Lipinski definition) is 3. The van der Waals surface area contributed by atoms with Gasteiger partial charge in [0.25, 0.3) is 0 Å². The third-order valence-corrected chi connectivity index (χ3v) is 4.04. The highest BCUT2D eigenvalue weighted by Crippen LogP contribution is 2.17. The quantitative estimate of drug-likeness (QED) is 0.898. The molecule has 17 heavy (non-hydrogen) atoms. The van der Waals surface area contributed by atoms with Gasteiger partial charge in [-0.15, -0.1) is 0 Å². The average molecular weight is 248 g/mol. The van der Waals surface area contributed by atoms with Crippen LogP contribution in [0.2, 0.25) is 0 Å². The number of benzene rings is 1. The SMILES string of the molecule is CC(N)CS(=O)Cc1ccnc2ccccc12. The molecule has 0 aliphatic carbocycles. The second-order valence-electron chi connectivity index (χ2n) is 4.22. The van der Waals surface area contributed by atoms with Crippen molar-refractivity contribution in [1.29, 1.82) is 0 Å². The van der Waals surface area contributed by atoms with Gasteiger partial charge in [0, 0.05) is 39.9 Å². The molecule has 2 N–H and O–H groups in total. The summed E-state index contributed by atoms with van der Waals surface area (Å²) in [6, 6.07) is 9.82. The minimum Gasteiger partial charge on any atom is -0.327 e. The lowest BCUT2D eigenvalue weighted by Crippen LogP contribution is -2.23. The summed E-state index contributed by atoms with van der Waals surface area (Å²) < 4.78 is 11.9. The van der Waals surface area contributed by atoms with E-state index in [0.717, 1.165) is 16.5 Å². The highest BCUT2D eigenvalue weighted by atomic mass is 32.2. The average Bonchev–Trinajstić information content (AvgIpc) is 2.28. The first-order valence-corrected chi connectivity index (χ1v) is 7.09. The number of rotatable bonds is 4. The van der Waals surface area contributed by atoms with Gasteiger partial charge in [-0.05, 0) is 24.6 Å². The fourth-order valence-corrected chi connectivity index (χ4v) is 3.11. The van der Waals surface area contributed by atoms with E-state index in [-0.39, 0.29) is 6.04 Å². The number of para-hydroxylation sites is 1. The van der Waals surface area contributed by atoms with Crippen LogP contribution in [0.25, 0.3) is 10.9 Å². The summed E-state index contributed by atoms with van der Waals surface area (Å²) in [7, 11) is -0.910. The second kappa shape index (κ2) is 5.38. The van der Waals surface area contributed by atoms with Crippen molar-refractivity contribution in [3.8, 4) is 0 Å². The van der Waals surface area contributed by atoms with Gasteiger partial charge in [0.15, 0.2) is 0 Å². The van der Waals surface area contributed by atoms with Gasteiger partial charge in [0.2, 0.25) is 0 Å². The predicted molar refractivity (Wildman–Crippen MR) is 72.1 cm³/mol. The van der Waals surface area contributed by atoms with Gasteiger partial charge in [-0.25, -0.2) is 0 Å². The van der Waals surface area contributed by atoms with Crippen molar-refractivity contribution >= 4 is 21.7 Å². The van der Waals surface area contributed by atoms with Gasteiger partial charge < -0.3 is 5.73 Å². The van der Waals surface area contributed by atoms with Crippen molar-refractivity contribution < 1.29 is 4.21 Å². The Labute approximate surface area is 104 Å². The molecular formula is C13H16N2OS. The summed E-state index contributed by atoms with van der Waals surface area (Å²) in [6.45, 7) is 1.88. The van der Waals surface area contributed by atoms with Gasteiger partial charge in [-0.3, -0.25) is 9.19 Å². The molecule has 1 aromatic heterocycles. The summed E-state index contributed by atoms with van der Waals surface area (Å²) in [5.74, 6) is 1.08. The zero-order valence-electron chi connectivity index (χ0n) is 9.80. The number of hydrogen-bond donors (Lipinski definition) is 1. The Hall–Kier alpha value is -1.26. The molecule has 3 nitrogen and oxygen atoms in total. The van der Waals surface area contributed by atoms with Crippen LogP contribution >= 0.6 is 0 Å². The molecule has 0 saturated heterocycles. The van der Waals surface area contributed by atoms with Crippen molar-refractivity contribution in [2.75, 3.05) is 5.75 Å². The fraction of sp³-hybridized carbons (Fsp3) is 0.308. The van der Waals surface area contributed by atoms with Crippen molar-refractivity contribution in [1.82, 2.24) is 4.98 Å².